The molecule has 2 aliphatic heterocycles. The second kappa shape index (κ2) is 14.6. The van der Waals surface area contributed by atoms with Gasteiger partial charge in [-0.1, -0.05) is 44.2 Å². The highest BCUT2D eigenvalue weighted by atomic mass is 32.2. The number of rotatable bonds is 14. The summed E-state index contributed by atoms with van der Waals surface area (Å²) in [5.41, 5.74) is 7.06. The normalized spacial score (nSPS) is 22.6. The first-order chi connectivity index (χ1) is 20.0. The number of ether oxygens (including phenoxy) is 4. The molecule has 6 atom stereocenters. The SMILES string of the molecule is CC(C)CN(C[C@@H](O)[C@H](Cc1ccccc1)NC(=O)O[C@H](C)CO[C@@H]1C[C@H]2COC[C@H]2O1)S(=O)(=O)c1ccc(N)cc1. The van der Waals surface area contributed by atoms with Crippen molar-refractivity contribution in [2.24, 2.45) is 11.8 Å². The molecule has 2 aliphatic rings. The lowest BCUT2D eigenvalue weighted by Gasteiger charge is -2.31. The Kier molecular flexibility index (Phi) is 11.2. The molecule has 0 bridgehead atoms. The highest BCUT2D eigenvalue weighted by molar-refractivity contribution is 7.89. The second-order valence-electron chi connectivity index (χ2n) is 11.5. The molecule has 232 valence electrons. The first-order valence-electron chi connectivity index (χ1n) is 14.4. The van der Waals surface area contributed by atoms with Crippen molar-refractivity contribution in [3.8, 4) is 0 Å². The van der Waals surface area contributed by atoms with E-state index in [0.29, 0.717) is 24.8 Å². The lowest BCUT2D eigenvalue weighted by molar-refractivity contribution is -0.152. The summed E-state index contributed by atoms with van der Waals surface area (Å²) in [6.07, 6.45) is -1.86. The number of nitrogens with one attached hydrogen (secondary N) is 1. The maximum Gasteiger partial charge on any atom is 0.407 e. The molecule has 2 aromatic carbocycles. The Morgan fingerprint density at radius 3 is 2.48 bits per heavy atom. The Morgan fingerprint density at radius 1 is 1.10 bits per heavy atom. The van der Waals surface area contributed by atoms with Crippen molar-refractivity contribution in [1.29, 1.82) is 0 Å². The molecule has 11 nitrogen and oxygen atoms in total. The minimum Gasteiger partial charge on any atom is -0.444 e. The molecule has 0 aliphatic carbocycles. The van der Waals surface area contributed by atoms with Gasteiger partial charge in [0.2, 0.25) is 10.0 Å². The third-order valence-corrected chi connectivity index (χ3v) is 9.18. The van der Waals surface area contributed by atoms with Crippen molar-refractivity contribution in [1.82, 2.24) is 9.62 Å². The standard InChI is InChI=1S/C30H43N3O8S/c1-20(2)15-33(42(36,37)25-11-9-24(31)10-12-25)16-27(34)26(13-22-7-5-4-6-8-22)32-30(35)40-21(3)17-39-29-14-23-18-38-19-28(23)41-29/h4-12,20-21,23,26-29,34H,13-19,31H2,1-3H3,(H,32,35)/t21-,23+,26+,27-,28-,29+/m1/s1. The molecule has 0 aromatic heterocycles. The van der Waals surface area contributed by atoms with Crippen LogP contribution in [0.3, 0.4) is 0 Å². The summed E-state index contributed by atoms with van der Waals surface area (Å²) in [6.45, 7) is 6.84. The predicted molar refractivity (Wildman–Crippen MR) is 157 cm³/mol. The lowest BCUT2D eigenvalue weighted by atomic mass is 10.0. The fraction of sp³-hybridized carbons (Fsp3) is 0.567. The molecule has 12 heteroatoms. The van der Waals surface area contributed by atoms with Gasteiger partial charge in [-0.05, 0) is 49.1 Å². The van der Waals surface area contributed by atoms with E-state index < -0.39 is 34.4 Å². The Balaban J connectivity index is 1.40. The maximum absolute atomic E-state index is 13.5. The average Bonchev–Trinajstić information content (AvgIpc) is 3.54. The minimum atomic E-state index is -3.95. The van der Waals surface area contributed by atoms with E-state index in [2.05, 4.69) is 5.32 Å². The molecule has 0 spiro atoms. The molecule has 0 radical (unpaired) electrons. The number of aliphatic hydroxyl groups is 1. The Labute approximate surface area is 248 Å². The summed E-state index contributed by atoms with van der Waals surface area (Å²) >= 11 is 0. The zero-order valence-electron chi connectivity index (χ0n) is 24.4. The number of hydrogen-bond acceptors (Lipinski definition) is 9. The van der Waals surface area contributed by atoms with Crippen LogP contribution in [0.5, 0.6) is 0 Å². The van der Waals surface area contributed by atoms with Crippen LogP contribution in [0.4, 0.5) is 10.5 Å². The van der Waals surface area contributed by atoms with E-state index in [-0.39, 0.29) is 49.3 Å². The molecule has 2 saturated heterocycles. The van der Waals surface area contributed by atoms with E-state index in [0.717, 1.165) is 12.0 Å². The number of sulfonamides is 1. The van der Waals surface area contributed by atoms with E-state index in [1.54, 1.807) is 6.92 Å². The summed E-state index contributed by atoms with van der Waals surface area (Å²) in [7, 11) is -3.95. The van der Waals surface area contributed by atoms with Gasteiger partial charge < -0.3 is 35.1 Å². The topological polar surface area (TPSA) is 150 Å². The molecule has 4 rings (SSSR count). The quantitative estimate of drug-likeness (QED) is 0.276. The number of amides is 1. The molecule has 42 heavy (non-hydrogen) atoms. The van der Waals surface area contributed by atoms with Crippen LogP contribution >= 0.6 is 0 Å². The number of alkyl carbamates (subject to hydrolysis) is 1. The maximum atomic E-state index is 13.5. The number of anilines is 1. The minimum absolute atomic E-state index is 0.0111. The van der Waals surface area contributed by atoms with E-state index >= 15 is 0 Å². The molecule has 2 aromatic rings. The van der Waals surface area contributed by atoms with Crippen LogP contribution in [0.1, 0.15) is 32.8 Å². The molecular formula is C30H43N3O8S. The van der Waals surface area contributed by atoms with Crippen molar-refractivity contribution in [2.75, 3.05) is 38.6 Å². The van der Waals surface area contributed by atoms with Gasteiger partial charge in [0, 0.05) is 31.1 Å². The van der Waals surface area contributed by atoms with Crippen molar-refractivity contribution in [3.05, 3.63) is 60.2 Å². The number of aliphatic hydroxyl groups excluding tert-OH is 1. The molecule has 0 unspecified atom stereocenters. The van der Waals surface area contributed by atoms with Crippen molar-refractivity contribution in [3.63, 3.8) is 0 Å². The lowest BCUT2D eigenvalue weighted by Crippen LogP contribution is -2.51. The number of carbonyl (C=O) groups excluding carboxylic acids is 1. The van der Waals surface area contributed by atoms with Crippen LogP contribution in [0.15, 0.2) is 59.5 Å². The fourth-order valence-corrected chi connectivity index (χ4v) is 6.77. The number of nitrogens with zero attached hydrogens (tertiary/aromatic N) is 1. The van der Waals surface area contributed by atoms with Gasteiger partial charge >= 0.3 is 6.09 Å². The second-order valence-corrected chi connectivity index (χ2v) is 13.4. The van der Waals surface area contributed by atoms with Gasteiger partial charge in [-0.25, -0.2) is 13.2 Å². The predicted octanol–water partition coefficient (Wildman–Crippen LogP) is 2.78. The van der Waals surface area contributed by atoms with E-state index in [4.69, 9.17) is 24.7 Å². The van der Waals surface area contributed by atoms with Gasteiger partial charge in [-0.15, -0.1) is 0 Å². The molecule has 4 N–H and O–H groups in total. The summed E-state index contributed by atoms with van der Waals surface area (Å²) in [5, 5.41) is 14.1. The van der Waals surface area contributed by atoms with E-state index in [1.807, 2.05) is 44.2 Å². The Hall–Kier alpha value is -2.74. The summed E-state index contributed by atoms with van der Waals surface area (Å²) in [6, 6.07) is 14.5. The van der Waals surface area contributed by atoms with Gasteiger partial charge in [0.05, 0.1) is 43.0 Å². The monoisotopic (exact) mass is 605 g/mol. The van der Waals surface area contributed by atoms with Crippen LogP contribution in [0.25, 0.3) is 0 Å². The van der Waals surface area contributed by atoms with Gasteiger partial charge in [-0.2, -0.15) is 4.31 Å². The fourth-order valence-electron chi connectivity index (χ4n) is 5.15. The molecule has 1 amide bonds. The average molecular weight is 606 g/mol. The largest absolute Gasteiger partial charge is 0.444 e. The number of benzene rings is 2. The van der Waals surface area contributed by atoms with Crippen LogP contribution in [0, 0.1) is 11.8 Å². The summed E-state index contributed by atoms with van der Waals surface area (Å²) in [5.74, 6) is 0.317. The molecule has 2 heterocycles. The number of nitrogen functional groups attached to an aromatic ring is 1. The van der Waals surface area contributed by atoms with E-state index in [1.165, 1.54) is 28.6 Å². The van der Waals surface area contributed by atoms with Crippen LogP contribution < -0.4 is 11.1 Å². The smallest absolute Gasteiger partial charge is 0.407 e. The van der Waals surface area contributed by atoms with Crippen LogP contribution in [-0.2, 0) is 35.4 Å². The molecule has 2 fully saturated rings. The van der Waals surface area contributed by atoms with Crippen LogP contribution in [-0.4, -0.2) is 87.5 Å². The Bertz CT molecular complexity index is 1230. The van der Waals surface area contributed by atoms with E-state index in [9.17, 15) is 18.3 Å². The number of fused-ring (bicyclic) bond motifs is 1. The third kappa shape index (κ3) is 8.88. The highest BCUT2D eigenvalue weighted by Gasteiger charge is 2.40. The van der Waals surface area contributed by atoms with Gasteiger partial charge in [0.1, 0.15) is 6.10 Å². The van der Waals surface area contributed by atoms with Gasteiger partial charge in [0.15, 0.2) is 6.29 Å². The first-order valence-corrected chi connectivity index (χ1v) is 15.8. The van der Waals surface area contributed by atoms with Crippen molar-refractivity contribution < 1.29 is 37.3 Å². The first kappa shape index (κ1) is 32.2. The van der Waals surface area contributed by atoms with Crippen molar-refractivity contribution in [2.45, 2.75) is 69.2 Å². The van der Waals surface area contributed by atoms with Gasteiger partial charge in [-0.3, -0.25) is 0 Å². The molecular weight excluding hydrogens is 562 g/mol. The third-order valence-electron chi connectivity index (χ3n) is 7.33. The zero-order chi connectivity index (χ0) is 30.3. The summed E-state index contributed by atoms with van der Waals surface area (Å²) < 4.78 is 50.9. The molecule has 0 saturated carbocycles. The Morgan fingerprint density at radius 2 is 1.81 bits per heavy atom. The van der Waals surface area contributed by atoms with Crippen molar-refractivity contribution >= 4 is 21.8 Å². The zero-order valence-corrected chi connectivity index (χ0v) is 25.2. The van der Waals surface area contributed by atoms with Crippen LogP contribution in [0.2, 0.25) is 0 Å². The summed E-state index contributed by atoms with van der Waals surface area (Å²) in [4.78, 5) is 13.0. The van der Waals surface area contributed by atoms with Gasteiger partial charge in [0.25, 0.3) is 0 Å². The number of carbonyl (C=O) groups is 1. The highest BCUT2D eigenvalue weighted by Crippen LogP contribution is 2.32. The number of nitrogens with two attached hydrogens (primary N) is 1. The number of hydrogen-bond donors (Lipinski definition) is 3.